The Bertz CT molecular complexity index is 975. The van der Waals surface area contributed by atoms with Gasteiger partial charge >= 0.3 is 6.09 Å². The number of aromatic nitrogens is 3. The molecule has 1 aliphatic heterocycles. The standard InChI is InChI=1S/C22H28N6O3/c1-4-17-21(29)27(2)18-13-24-19(26-20(18)28(17)15-7-5-6-8-15)16-9-10-23-11-14(16)12-25-22(30)31-3/h9-11,13,15,17H,4-8,12H2,1-3H3,(H,25,30)/t17-/m1/s1. The topological polar surface area (TPSA) is 101 Å². The first-order valence-electron chi connectivity index (χ1n) is 10.7. The van der Waals surface area contributed by atoms with Crippen LogP contribution in [0.3, 0.4) is 0 Å². The smallest absolute Gasteiger partial charge is 0.407 e. The maximum absolute atomic E-state index is 13.0. The van der Waals surface area contributed by atoms with Crippen molar-refractivity contribution in [1.82, 2.24) is 20.3 Å². The maximum atomic E-state index is 13.0. The molecule has 0 saturated heterocycles. The van der Waals surface area contributed by atoms with Crippen LogP contribution in [0.1, 0.15) is 44.6 Å². The number of carbonyl (C=O) groups excluding carboxylic acids is 2. The third-order valence-corrected chi connectivity index (χ3v) is 6.17. The van der Waals surface area contributed by atoms with Crippen molar-refractivity contribution >= 4 is 23.5 Å². The lowest BCUT2D eigenvalue weighted by Crippen LogP contribution is -2.55. The minimum Gasteiger partial charge on any atom is -0.453 e. The summed E-state index contributed by atoms with van der Waals surface area (Å²) in [6.07, 6.45) is 9.77. The second-order valence-electron chi connectivity index (χ2n) is 7.95. The van der Waals surface area contributed by atoms with E-state index in [0.29, 0.717) is 11.9 Å². The van der Waals surface area contributed by atoms with Crippen molar-refractivity contribution in [3.63, 3.8) is 0 Å². The van der Waals surface area contributed by atoms with Gasteiger partial charge in [-0.1, -0.05) is 19.8 Å². The molecule has 1 fully saturated rings. The number of amides is 2. The van der Waals surface area contributed by atoms with Gasteiger partial charge in [0.1, 0.15) is 11.7 Å². The van der Waals surface area contributed by atoms with Gasteiger partial charge in [-0.2, -0.15) is 0 Å². The van der Waals surface area contributed by atoms with Crippen molar-refractivity contribution < 1.29 is 14.3 Å². The zero-order valence-corrected chi connectivity index (χ0v) is 18.2. The molecule has 2 aromatic heterocycles. The Morgan fingerprint density at radius 2 is 2.06 bits per heavy atom. The van der Waals surface area contributed by atoms with Crippen molar-refractivity contribution in [2.24, 2.45) is 0 Å². The van der Waals surface area contributed by atoms with Gasteiger partial charge in [-0.25, -0.2) is 14.8 Å². The number of hydrogen-bond acceptors (Lipinski definition) is 7. The molecular formula is C22H28N6O3. The third kappa shape index (κ3) is 3.92. The Morgan fingerprint density at radius 1 is 1.29 bits per heavy atom. The summed E-state index contributed by atoms with van der Waals surface area (Å²) in [4.78, 5) is 42.1. The maximum Gasteiger partial charge on any atom is 0.407 e. The predicted molar refractivity (Wildman–Crippen MR) is 117 cm³/mol. The molecule has 1 aliphatic carbocycles. The van der Waals surface area contributed by atoms with Gasteiger partial charge in [0.15, 0.2) is 11.6 Å². The van der Waals surface area contributed by atoms with E-state index in [-0.39, 0.29) is 18.5 Å². The van der Waals surface area contributed by atoms with Gasteiger partial charge in [-0.05, 0) is 25.3 Å². The lowest BCUT2D eigenvalue weighted by molar-refractivity contribution is -0.120. The highest BCUT2D eigenvalue weighted by molar-refractivity contribution is 6.04. The van der Waals surface area contributed by atoms with Crippen LogP contribution in [0.5, 0.6) is 0 Å². The van der Waals surface area contributed by atoms with E-state index in [0.717, 1.165) is 41.9 Å². The average Bonchev–Trinajstić information content (AvgIpc) is 3.33. The molecular weight excluding hydrogens is 396 g/mol. The minimum absolute atomic E-state index is 0.0881. The Hall–Kier alpha value is -3.23. The number of nitrogens with one attached hydrogen (secondary N) is 1. The summed E-state index contributed by atoms with van der Waals surface area (Å²) >= 11 is 0. The van der Waals surface area contributed by atoms with Crippen molar-refractivity contribution in [2.75, 3.05) is 24.0 Å². The molecule has 1 N–H and O–H groups in total. The van der Waals surface area contributed by atoms with Crippen molar-refractivity contribution in [2.45, 2.75) is 57.7 Å². The number of anilines is 2. The van der Waals surface area contributed by atoms with Gasteiger partial charge in [0, 0.05) is 43.2 Å². The molecule has 2 aromatic rings. The summed E-state index contributed by atoms with van der Waals surface area (Å²) in [6, 6.07) is 1.92. The number of hydrogen-bond donors (Lipinski definition) is 1. The van der Waals surface area contributed by atoms with Crippen molar-refractivity contribution in [3.05, 3.63) is 30.2 Å². The summed E-state index contributed by atoms with van der Waals surface area (Å²) in [5.74, 6) is 1.43. The van der Waals surface area contributed by atoms with E-state index in [4.69, 9.17) is 4.98 Å². The van der Waals surface area contributed by atoms with Crippen LogP contribution in [0.15, 0.2) is 24.7 Å². The van der Waals surface area contributed by atoms with Crippen LogP contribution in [-0.4, -0.2) is 53.2 Å². The summed E-state index contributed by atoms with van der Waals surface area (Å²) in [7, 11) is 3.11. The molecule has 9 nitrogen and oxygen atoms in total. The lowest BCUT2D eigenvalue weighted by atomic mass is 10.0. The zero-order chi connectivity index (χ0) is 22.0. The van der Waals surface area contributed by atoms with Gasteiger partial charge < -0.3 is 19.9 Å². The number of alkyl carbamates (subject to hydrolysis) is 1. The fourth-order valence-electron chi connectivity index (χ4n) is 4.54. The molecule has 1 saturated carbocycles. The molecule has 4 rings (SSSR count). The Balaban J connectivity index is 1.76. The van der Waals surface area contributed by atoms with Crippen LogP contribution in [0.4, 0.5) is 16.3 Å². The Morgan fingerprint density at radius 3 is 2.77 bits per heavy atom. The van der Waals surface area contributed by atoms with Crippen LogP contribution in [0.25, 0.3) is 11.4 Å². The molecule has 2 aliphatic rings. The normalized spacial score (nSPS) is 18.8. The number of ether oxygens (including phenoxy) is 1. The molecule has 0 radical (unpaired) electrons. The number of carbonyl (C=O) groups is 2. The van der Waals surface area contributed by atoms with E-state index in [9.17, 15) is 9.59 Å². The second-order valence-corrected chi connectivity index (χ2v) is 7.95. The molecule has 3 heterocycles. The fourth-order valence-corrected chi connectivity index (χ4v) is 4.54. The highest BCUT2D eigenvalue weighted by atomic mass is 16.5. The first-order valence-corrected chi connectivity index (χ1v) is 10.7. The van der Waals surface area contributed by atoms with Gasteiger partial charge in [-0.15, -0.1) is 0 Å². The molecule has 0 unspecified atom stereocenters. The van der Waals surface area contributed by atoms with Crippen LogP contribution in [0.2, 0.25) is 0 Å². The van der Waals surface area contributed by atoms with E-state index in [1.165, 1.54) is 20.0 Å². The monoisotopic (exact) mass is 424 g/mol. The quantitative estimate of drug-likeness (QED) is 0.788. The van der Waals surface area contributed by atoms with E-state index < -0.39 is 6.09 Å². The van der Waals surface area contributed by atoms with Gasteiger partial charge in [0.05, 0.1) is 13.3 Å². The number of pyridine rings is 1. The van der Waals surface area contributed by atoms with Crippen LogP contribution >= 0.6 is 0 Å². The van der Waals surface area contributed by atoms with Gasteiger partial charge in [0.2, 0.25) is 5.91 Å². The number of likely N-dealkylation sites (N-methyl/N-ethyl adjacent to an activating group) is 1. The number of methoxy groups -OCH3 is 1. The fraction of sp³-hybridized carbons (Fsp3) is 0.500. The zero-order valence-electron chi connectivity index (χ0n) is 18.2. The lowest BCUT2D eigenvalue weighted by Gasteiger charge is -2.43. The Kier molecular flexibility index (Phi) is 6.01. The third-order valence-electron chi connectivity index (χ3n) is 6.17. The predicted octanol–water partition coefficient (Wildman–Crippen LogP) is 2.90. The molecule has 31 heavy (non-hydrogen) atoms. The van der Waals surface area contributed by atoms with Crippen LogP contribution < -0.4 is 15.1 Å². The molecule has 9 heteroatoms. The molecule has 0 aromatic carbocycles. The first kappa shape index (κ1) is 21.0. The Labute approximate surface area is 181 Å². The molecule has 0 spiro atoms. The first-order chi connectivity index (χ1) is 15.0. The minimum atomic E-state index is -0.514. The van der Waals surface area contributed by atoms with E-state index in [2.05, 4.69) is 24.9 Å². The van der Waals surface area contributed by atoms with E-state index in [1.54, 1.807) is 30.5 Å². The highest BCUT2D eigenvalue weighted by Gasteiger charge is 2.41. The van der Waals surface area contributed by atoms with E-state index in [1.807, 2.05) is 13.0 Å². The molecule has 2 amide bonds. The average molecular weight is 425 g/mol. The summed E-state index contributed by atoms with van der Waals surface area (Å²) < 4.78 is 4.66. The number of nitrogens with zero attached hydrogens (tertiary/aromatic N) is 5. The highest BCUT2D eigenvalue weighted by Crippen LogP contribution is 2.40. The molecule has 0 bridgehead atoms. The summed E-state index contributed by atoms with van der Waals surface area (Å²) in [6.45, 7) is 2.30. The summed E-state index contributed by atoms with van der Waals surface area (Å²) in [5, 5.41) is 2.68. The van der Waals surface area contributed by atoms with E-state index >= 15 is 0 Å². The van der Waals surface area contributed by atoms with Crippen LogP contribution in [0, 0.1) is 0 Å². The molecule has 1 atom stereocenters. The SMILES string of the molecule is CC[C@@H]1C(=O)N(C)c2cnc(-c3ccncc3CNC(=O)OC)nc2N1C1CCCC1. The second kappa shape index (κ2) is 8.87. The van der Waals surface area contributed by atoms with Crippen molar-refractivity contribution in [3.8, 4) is 11.4 Å². The van der Waals surface area contributed by atoms with Crippen molar-refractivity contribution in [1.29, 1.82) is 0 Å². The molecule has 164 valence electrons. The number of fused-ring (bicyclic) bond motifs is 1. The number of rotatable bonds is 5. The summed E-state index contributed by atoms with van der Waals surface area (Å²) in [5.41, 5.74) is 2.30. The van der Waals surface area contributed by atoms with Gasteiger partial charge in [0.25, 0.3) is 0 Å². The largest absolute Gasteiger partial charge is 0.453 e. The van der Waals surface area contributed by atoms with Crippen LogP contribution in [-0.2, 0) is 16.1 Å². The van der Waals surface area contributed by atoms with Gasteiger partial charge in [-0.3, -0.25) is 9.78 Å².